The molecular formula is C13H19N3O3. The van der Waals surface area contributed by atoms with Gasteiger partial charge in [-0.1, -0.05) is 6.07 Å². The second-order valence-electron chi connectivity index (χ2n) is 4.58. The maximum Gasteiger partial charge on any atom is 0.238 e. The highest BCUT2D eigenvalue weighted by molar-refractivity contribution is 5.92. The summed E-state index contributed by atoms with van der Waals surface area (Å²) in [6.45, 7) is 2.07. The second-order valence-corrected chi connectivity index (χ2v) is 4.58. The summed E-state index contributed by atoms with van der Waals surface area (Å²) in [4.78, 5) is 13.9. The van der Waals surface area contributed by atoms with Gasteiger partial charge in [0.1, 0.15) is 0 Å². The Morgan fingerprint density at radius 2 is 2.42 bits per heavy atom. The van der Waals surface area contributed by atoms with E-state index in [2.05, 4.69) is 5.32 Å². The van der Waals surface area contributed by atoms with Crippen LogP contribution in [0.5, 0.6) is 0 Å². The Kier molecular flexibility index (Phi) is 4.73. The molecule has 1 unspecified atom stereocenters. The smallest absolute Gasteiger partial charge is 0.238 e. The van der Waals surface area contributed by atoms with Crippen LogP contribution in [-0.4, -0.2) is 54.9 Å². The molecule has 0 bridgehead atoms. The molecule has 1 atom stereocenters. The summed E-state index contributed by atoms with van der Waals surface area (Å²) in [5.41, 5.74) is 6.96. The number of nitrogens with zero attached hydrogens (tertiary/aromatic N) is 1. The van der Waals surface area contributed by atoms with Gasteiger partial charge >= 0.3 is 0 Å². The fraction of sp³-hybridized carbons (Fsp3) is 0.462. The highest BCUT2D eigenvalue weighted by Crippen LogP contribution is 2.12. The predicted octanol–water partition coefficient (Wildman–Crippen LogP) is -0.0996. The SMILES string of the molecule is Nc1cccc(NC(=O)CN2CCOC(CO)C2)c1. The molecule has 0 saturated carbocycles. The zero-order chi connectivity index (χ0) is 13.7. The fourth-order valence-corrected chi connectivity index (χ4v) is 2.05. The third-order valence-corrected chi connectivity index (χ3v) is 2.96. The predicted molar refractivity (Wildman–Crippen MR) is 72.7 cm³/mol. The van der Waals surface area contributed by atoms with Crippen LogP contribution >= 0.6 is 0 Å². The number of nitrogens with one attached hydrogen (secondary N) is 1. The minimum absolute atomic E-state index is 0.0205. The van der Waals surface area contributed by atoms with E-state index in [9.17, 15) is 4.79 Å². The summed E-state index contributed by atoms with van der Waals surface area (Å²) in [6.07, 6.45) is -0.200. The molecule has 4 N–H and O–H groups in total. The largest absolute Gasteiger partial charge is 0.399 e. The van der Waals surface area contributed by atoms with Crippen molar-refractivity contribution in [2.75, 3.05) is 43.9 Å². The van der Waals surface area contributed by atoms with E-state index in [0.717, 1.165) is 0 Å². The average Bonchev–Trinajstić information content (AvgIpc) is 2.38. The lowest BCUT2D eigenvalue weighted by atomic mass is 10.2. The number of amides is 1. The van der Waals surface area contributed by atoms with E-state index in [1.807, 2.05) is 4.90 Å². The number of rotatable bonds is 4. The van der Waals surface area contributed by atoms with Gasteiger partial charge in [0.25, 0.3) is 0 Å². The molecule has 1 aliphatic rings. The number of ether oxygens (including phenoxy) is 1. The molecule has 19 heavy (non-hydrogen) atoms. The molecule has 1 aromatic rings. The molecular weight excluding hydrogens is 246 g/mol. The Balaban J connectivity index is 1.84. The number of nitrogens with two attached hydrogens (primary N) is 1. The number of aliphatic hydroxyl groups is 1. The van der Waals surface area contributed by atoms with Gasteiger partial charge in [0, 0.05) is 24.5 Å². The molecule has 6 nitrogen and oxygen atoms in total. The van der Waals surface area contributed by atoms with E-state index in [-0.39, 0.29) is 25.2 Å². The molecule has 0 radical (unpaired) electrons. The fourth-order valence-electron chi connectivity index (χ4n) is 2.05. The average molecular weight is 265 g/mol. The standard InChI is InChI=1S/C13H19N3O3/c14-10-2-1-3-11(6-10)15-13(18)8-16-4-5-19-12(7-16)9-17/h1-3,6,12,17H,4-5,7-9,14H2,(H,15,18). The van der Waals surface area contributed by atoms with Gasteiger partial charge in [-0.2, -0.15) is 0 Å². The van der Waals surface area contributed by atoms with Crippen molar-refractivity contribution in [2.24, 2.45) is 0 Å². The second kappa shape index (κ2) is 6.51. The summed E-state index contributed by atoms with van der Waals surface area (Å²) >= 11 is 0. The maximum atomic E-state index is 11.9. The first-order valence-electron chi connectivity index (χ1n) is 6.27. The highest BCUT2D eigenvalue weighted by Gasteiger charge is 2.21. The molecule has 1 saturated heterocycles. The van der Waals surface area contributed by atoms with Crippen LogP contribution < -0.4 is 11.1 Å². The molecule has 1 fully saturated rings. The molecule has 2 rings (SSSR count). The van der Waals surface area contributed by atoms with E-state index in [0.29, 0.717) is 31.1 Å². The van der Waals surface area contributed by atoms with Crippen LogP contribution in [-0.2, 0) is 9.53 Å². The van der Waals surface area contributed by atoms with E-state index >= 15 is 0 Å². The van der Waals surface area contributed by atoms with Gasteiger partial charge in [-0.05, 0) is 18.2 Å². The minimum atomic E-state index is -0.200. The molecule has 1 heterocycles. The van der Waals surface area contributed by atoms with Crippen molar-refractivity contribution in [2.45, 2.75) is 6.10 Å². The van der Waals surface area contributed by atoms with Crippen LogP contribution in [0.3, 0.4) is 0 Å². The van der Waals surface area contributed by atoms with Gasteiger partial charge < -0.3 is 20.9 Å². The first-order chi connectivity index (χ1) is 9.17. The normalized spacial score (nSPS) is 20.2. The number of anilines is 2. The van der Waals surface area contributed by atoms with Crippen molar-refractivity contribution in [3.8, 4) is 0 Å². The molecule has 0 spiro atoms. The van der Waals surface area contributed by atoms with Crippen molar-refractivity contribution in [1.82, 2.24) is 4.90 Å². The van der Waals surface area contributed by atoms with Crippen LogP contribution in [0.1, 0.15) is 0 Å². The van der Waals surface area contributed by atoms with E-state index in [4.69, 9.17) is 15.6 Å². The van der Waals surface area contributed by atoms with Gasteiger partial charge in [-0.25, -0.2) is 0 Å². The van der Waals surface area contributed by atoms with Gasteiger partial charge in [0.05, 0.1) is 25.9 Å². The van der Waals surface area contributed by atoms with Crippen molar-refractivity contribution in [1.29, 1.82) is 0 Å². The quantitative estimate of drug-likeness (QED) is 0.662. The van der Waals surface area contributed by atoms with Gasteiger partial charge in [-0.3, -0.25) is 9.69 Å². The lowest BCUT2D eigenvalue weighted by Crippen LogP contribution is -2.46. The van der Waals surface area contributed by atoms with Crippen LogP contribution in [0, 0.1) is 0 Å². The first kappa shape index (κ1) is 13.8. The number of carbonyl (C=O) groups is 1. The Morgan fingerprint density at radius 3 is 3.16 bits per heavy atom. The van der Waals surface area contributed by atoms with E-state index in [1.165, 1.54) is 0 Å². The topological polar surface area (TPSA) is 87.8 Å². The molecule has 0 aromatic heterocycles. The number of aliphatic hydroxyl groups excluding tert-OH is 1. The molecule has 1 amide bonds. The number of morpholine rings is 1. The molecule has 6 heteroatoms. The molecule has 104 valence electrons. The zero-order valence-electron chi connectivity index (χ0n) is 10.7. The number of carbonyl (C=O) groups excluding carboxylic acids is 1. The minimum Gasteiger partial charge on any atom is -0.399 e. The summed E-state index contributed by atoms with van der Waals surface area (Å²) in [7, 11) is 0. The Labute approximate surface area is 112 Å². The summed E-state index contributed by atoms with van der Waals surface area (Å²) in [5.74, 6) is -0.0933. The van der Waals surface area contributed by atoms with E-state index < -0.39 is 0 Å². The van der Waals surface area contributed by atoms with Crippen LogP contribution in [0.2, 0.25) is 0 Å². The summed E-state index contributed by atoms with van der Waals surface area (Å²) in [6, 6.07) is 7.07. The van der Waals surface area contributed by atoms with Crippen molar-refractivity contribution >= 4 is 17.3 Å². The Hall–Kier alpha value is -1.63. The van der Waals surface area contributed by atoms with Crippen LogP contribution in [0.15, 0.2) is 24.3 Å². The highest BCUT2D eigenvalue weighted by atomic mass is 16.5. The van der Waals surface area contributed by atoms with Crippen molar-refractivity contribution in [3.63, 3.8) is 0 Å². The summed E-state index contributed by atoms with van der Waals surface area (Å²) < 4.78 is 5.33. The van der Waals surface area contributed by atoms with Gasteiger partial charge in [0.2, 0.25) is 5.91 Å². The van der Waals surface area contributed by atoms with Crippen LogP contribution in [0.25, 0.3) is 0 Å². The Bertz CT molecular complexity index is 439. The zero-order valence-corrected chi connectivity index (χ0v) is 10.7. The number of nitrogen functional groups attached to an aromatic ring is 1. The summed E-state index contributed by atoms with van der Waals surface area (Å²) in [5, 5.41) is 11.8. The number of benzene rings is 1. The lowest BCUT2D eigenvalue weighted by Gasteiger charge is -2.31. The molecule has 1 aromatic carbocycles. The third-order valence-electron chi connectivity index (χ3n) is 2.96. The molecule has 1 aliphatic heterocycles. The van der Waals surface area contributed by atoms with Crippen molar-refractivity contribution in [3.05, 3.63) is 24.3 Å². The lowest BCUT2D eigenvalue weighted by molar-refractivity contribution is -0.120. The number of hydrogen-bond acceptors (Lipinski definition) is 5. The van der Waals surface area contributed by atoms with E-state index in [1.54, 1.807) is 24.3 Å². The van der Waals surface area contributed by atoms with Crippen molar-refractivity contribution < 1.29 is 14.6 Å². The van der Waals surface area contributed by atoms with Gasteiger partial charge in [0.15, 0.2) is 0 Å². The third kappa shape index (κ3) is 4.20. The monoisotopic (exact) mass is 265 g/mol. The van der Waals surface area contributed by atoms with Gasteiger partial charge in [-0.15, -0.1) is 0 Å². The Morgan fingerprint density at radius 1 is 1.58 bits per heavy atom. The number of hydrogen-bond donors (Lipinski definition) is 3. The van der Waals surface area contributed by atoms with Crippen LogP contribution in [0.4, 0.5) is 11.4 Å². The molecule has 0 aliphatic carbocycles. The first-order valence-corrected chi connectivity index (χ1v) is 6.27. The maximum absolute atomic E-state index is 11.9.